The van der Waals surface area contributed by atoms with Crippen molar-refractivity contribution >= 4 is 11.3 Å². The second-order valence-corrected chi connectivity index (χ2v) is 5.18. The molecule has 1 saturated carbocycles. The number of halogens is 2. The van der Waals surface area contributed by atoms with Crippen molar-refractivity contribution in [3.8, 4) is 10.6 Å². The number of aromatic nitrogens is 1. The van der Waals surface area contributed by atoms with Crippen LogP contribution in [-0.4, -0.2) is 4.98 Å². The van der Waals surface area contributed by atoms with Gasteiger partial charge in [-0.2, -0.15) is 0 Å². The van der Waals surface area contributed by atoms with Crippen LogP contribution < -0.4 is 5.73 Å². The Kier molecular flexibility index (Phi) is 2.27. The Labute approximate surface area is 101 Å². The molecule has 2 aromatic rings. The zero-order valence-corrected chi connectivity index (χ0v) is 9.73. The van der Waals surface area contributed by atoms with Crippen molar-refractivity contribution in [2.75, 3.05) is 0 Å². The Hall–Kier alpha value is -1.33. The van der Waals surface area contributed by atoms with E-state index in [0.717, 1.165) is 36.7 Å². The average molecular weight is 252 g/mol. The molecule has 1 aromatic carbocycles. The molecule has 1 fully saturated rings. The predicted octanol–water partition coefficient (Wildman–Crippen LogP) is 3.04. The van der Waals surface area contributed by atoms with Gasteiger partial charge < -0.3 is 5.73 Å². The third-order valence-corrected chi connectivity index (χ3v) is 3.84. The van der Waals surface area contributed by atoms with Crippen molar-refractivity contribution < 1.29 is 8.78 Å². The normalized spacial score (nSPS) is 17.1. The molecule has 0 spiro atoms. The molecule has 17 heavy (non-hydrogen) atoms. The molecule has 0 bridgehead atoms. The zero-order chi connectivity index (χ0) is 12.0. The van der Waals surface area contributed by atoms with Crippen LogP contribution in [0.3, 0.4) is 0 Å². The third-order valence-electron chi connectivity index (χ3n) is 2.96. The summed E-state index contributed by atoms with van der Waals surface area (Å²) in [4.78, 5) is 4.30. The van der Waals surface area contributed by atoms with Gasteiger partial charge in [0, 0.05) is 10.9 Å². The highest BCUT2D eigenvalue weighted by molar-refractivity contribution is 7.13. The van der Waals surface area contributed by atoms with Gasteiger partial charge in [-0.15, -0.1) is 11.3 Å². The van der Waals surface area contributed by atoms with Crippen LogP contribution in [0.1, 0.15) is 18.5 Å². The highest BCUT2D eigenvalue weighted by atomic mass is 32.1. The first-order chi connectivity index (χ1) is 8.08. The largest absolute Gasteiger partial charge is 0.320 e. The second-order valence-electron chi connectivity index (χ2n) is 4.32. The van der Waals surface area contributed by atoms with Crippen molar-refractivity contribution in [3.63, 3.8) is 0 Å². The number of thiazole rings is 1. The molecule has 1 aliphatic carbocycles. The number of rotatable bonds is 2. The molecule has 88 valence electrons. The molecule has 1 aliphatic rings. The van der Waals surface area contributed by atoms with E-state index in [1.807, 2.05) is 5.38 Å². The molecule has 0 unspecified atom stereocenters. The lowest BCUT2D eigenvalue weighted by Crippen LogP contribution is -2.18. The van der Waals surface area contributed by atoms with E-state index in [1.54, 1.807) is 0 Å². The molecule has 1 aromatic heterocycles. The summed E-state index contributed by atoms with van der Waals surface area (Å²) in [5, 5.41) is 2.31. The summed E-state index contributed by atoms with van der Waals surface area (Å²) < 4.78 is 26.6. The Morgan fingerprint density at radius 3 is 2.76 bits per heavy atom. The van der Waals surface area contributed by atoms with Gasteiger partial charge in [-0.3, -0.25) is 0 Å². The van der Waals surface area contributed by atoms with Crippen LogP contribution >= 0.6 is 11.3 Å². The average Bonchev–Trinajstić information content (AvgIpc) is 2.88. The maximum atomic E-state index is 13.5. The first kappa shape index (κ1) is 10.8. The number of nitrogens with two attached hydrogens (primary N) is 1. The molecule has 2 N–H and O–H groups in total. The minimum Gasteiger partial charge on any atom is -0.320 e. The monoisotopic (exact) mass is 252 g/mol. The molecule has 5 heteroatoms. The van der Waals surface area contributed by atoms with Gasteiger partial charge in [0.1, 0.15) is 16.6 Å². The topological polar surface area (TPSA) is 38.9 Å². The molecule has 0 aliphatic heterocycles. The molecular formula is C12H10F2N2S. The van der Waals surface area contributed by atoms with E-state index >= 15 is 0 Å². The highest BCUT2D eigenvalue weighted by Crippen LogP contribution is 2.43. The van der Waals surface area contributed by atoms with Crippen molar-refractivity contribution in [3.05, 3.63) is 40.9 Å². The highest BCUT2D eigenvalue weighted by Gasteiger charge is 2.42. The van der Waals surface area contributed by atoms with Gasteiger partial charge in [-0.25, -0.2) is 13.8 Å². The van der Waals surface area contributed by atoms with E-state index in [1.165, 1.54) is 11.3 Å². The standard InChI is InChI=1S/C12H10F2N2S/c13-7-1-2-9(14)8(5-7)11-16-10(6-17-11)12(15)3-4-12/h1-2,5-6H,3-4,15H2. The zero-order valence-electron chi connectivity index (χ0n) is 8.91. The lowest BCUT2D eigenvalue weighted by atomic mass is 10.2. The van der Waals surface area contributed by atoms with E-state index < -0.39 is 11.6 Å². The molecule has 1 heterocycles. The van der Waals surface area contributed by atoms with Crippen molar-refractivity contribution in [2.45, 2.75) is 18.4 Å². The third kappa shape index (κ3) is 1.85. The molecule has 0 amide bonds. The fourth-order valence-electron chi connectivity index (χ4n) is 1.68. The van der Waals surface area contributed by atoms with E-state index in [4.69, 9.17) is 5.73 Å². The van der Waals surface area contributed by atoms with E-state index in [-0.39, 0.29) is 11.1 Å². The Bertz CT molecular complexity index is 576. The van der Waals surface area contributed by atoms with Gasteiger partial charge in [0.25, 0.3) is 0 Å². The summed E-state index contributed by atoms with van der Waals surface area (Å²) >= 11 is 1.29. The number of nitrogens with zero attached hydrogens (tertiary/aromatic N) is 1. The van der Waals surface area contributed by atoms with Crippen molar-refractivity contribution in [2.24, 2.45) is 5.73 Å². The van der Waals surface area contributed by atoms with Crippen LogP contribution in [-0.2, 0) is 5.54 Å². The quantitative estimate of drug-likeness (QED) is 0.892. The van der Waals surface area contributed by atoms with Crippen LogP contribution in [0.5, 0.6) is 0 Å². The maximum Gasteiger partial charge on any atom is 0.133 e. The summed E-state index contributed by atoms with van der Waals surface area (Å²) in [5.74, 6) is -0.929. The Balaban J connectivity index is 2.03. The van der Waals surface area contributed by atoms with E-state index in [9.17, 15) is 8.78 Å². The number of hydrogen-bond donors (Lipinski definition) is 1. The Morgan fingerprint density at radius 1 is 1.29 bits per heavy atom. The molecule has 0 radical (unpaired) electrons. The summed E-state index contributed by atoms with van der Waals surface area (Å²) in [5.41, 5.74) is 6.65. The van der Waals surface area contributed by atoms with Crippen molar-refractivity contribution in [1.29, 1.82) is 0 Å². The molecular weight excluding hydrogens is 242 g/mol. The van der Waals surface area contributed by atoms with E-state index in [2.05, 4.69) is 4.98 Å². The van der Waals surface area contributed by atoms with Gasteiger partial charge in [-0.1, -0.05) is 0 Å². The fraction of sp³-hybridized carbons (Fsp3) is 0.250. The van der Waals surface area contributed by atoms with Crippen molar-refractivity contribution in [1.82, 2.24) is 4.98 Å². The van der Waals surface area contributed by atoms with Gasteiger partial charge in [0.05, 0.1) is 11.2 Å². The van der Waals surface area contributed by atoms with Gasteiger partial charge in [0.15, 0.2) is 0 Å². The van der Waals surface area contributed by atoms with Crippen LogP contribution in [0.2, 0.25) is 0 Å². The van der Waals surface area contributed by atoms with Gasteiger partial charge >= 0.3 is 0 Å². The lowest BCUT2D eigenvalue weighted by molar-refractivity contribution is 0.603. The minimum atomic E-state index is -0.466. The molecule has 0 atom stereocenters. The SMILES string of the molecule is NC1(c2csc(-c3cc(F)ccc3F)n2)CC1. The number of hydrogen-bond acceptors (Lipinski definition) is 3. The number of benzene rings is 1. The smallest absolute Gasteiger partial charge is 0.133 e. The summed E-state index contributed by atoms with van der Waals surface area (Å²) in [7, 11) is 0. The van der Waals surface area contributed by atoms with Crippen LogP contribution in [0.15, 0.2) is 23.6 Å². The second kappa shape index (κ2) is 3.58. The van der Waals surface area contributed by atoms with Gasteiger partial charge in [0.2, 0.25) is 0 Å². The van der Waals surface area contributed by atoms with E-state index in [0.29, 0.717) is 5.01 Å². The first-order valence-electron chi connectivity index (χ1n) is 5.29. The minimum absolute atomic E-state index is 0.200. The molecule has 0 saturated heterocycles. The summed E-state index contributed by atoms with van der Waals surface area (Å²) in [6, 6.07) is 3.37. The Morgan fingerprint density at radius 2 is 2.06 bits per heavy atom. The van der Waals surface area contributed by atoms with Gasteiger partial charge in [-0.05, 0) is 31.0 Å². The van der Waals surface area contributed by atoms with Crippen LogP contribution in [0.25, 0.3) is 10.6 Å². The predicted molar refractivity (Wildman–Crippen MR) is 62.6 cm³/mol. The lowest BCUT2D eigenvalue weighted by Gasteiger charge is -2.02. The summed E-state index contributed by atoms with van der Waals surface area (Å²) in [6.07, 6.45) is 1.81. The molecule has 2 nitrogen and oxygen atoms in total. The van der Waals surface area contributed by atoms with Crippen LogP contribution in [0, 0.1) is 11.6 Å². The fourth-order valence-corrected chi connectivity index (χ4v) is 2.62. The summed E-state index contributed by atoms with van der Waals surface area (Å²) in [6.45, 7) is 0. The first-order valence-corrected chi connectivity index (χ1v) is 6.17. The maximum absolute atomic E-state index is 13.5. The molecule has 3 rings (SSSR count). The van der Waals surface area contributed by atoms with Crippen LogP contribution in [0.4, 0.5) is 8.78 Å².